The molecule has 3 N–H and O–H groups in total. The molecule has 1 unspecified atom stereocenters. The molecule has 1 aromatic rings. The first-order valence-corrected chi connectivity index (χ1v) is 6.97. The van der Waals surface area contributed by atoms with Crippen molar-refractivity contribution < 1.29 is 14.7 Å². The average molecular weight is 292 g/mol. The number of amides is 2. The minimum Gasteiger partial charge on any atom is -0.481 e. The highest BCUT2D eigenvalue weighted by Crippen LogP contribution is 2.22. The van der Waals surface area contributed by atoms with Crippen LogP contribution in [0.3, 0.4) is 0 Å². The summed E-state index contributed by atoms with van der Waals surface area (Å²) >= 11 is 0. The number of hydrogen-bond donors (Lipinski definition) is 3. The molecule has 1 rings (SSSR count). The number of aryl methyl sites for hydroxylation is 1. The summed E-state index contributed by atoms with van der Waals surface area (Å²) < 4.78 is 0. The maximum Gasteiger partial charge on any atom is 0.319 e. The van der Waals surface area contributed by atoms with Crippen molar-refractivity contribution in [2.45, 2.75) is 47.1 Å². The number of hydrogen-bond acceptors (Lipinski definition) is 2. The Morgan fingerprint density at radius 2 is 1.86 bits per heavy atom. The highest BCUT2D eigenvalue weighted by atomic mass is 16.4. The molecule has 0 fully saturated rings. The van der Waals surface area contributed by atoms with Crippen molar-refractivity contribution >= 4 is 17.7 Å². The topological polar surface area (TPSA) is 78.4 Å². The minimum absolute atomic E-state index is 0.107. The quantitative estimate of drug-likeness (QED) is 0.796. The van der Waals surface area contributed by atoms with E-state index in [4.69, 9.17) is 5.11 Å². The number of carbonyl (C=O) groups is 2. The van der Waals surface area contributed by atoms with Gasteiger partial charge in [-0.15, -0.1) is 0 Å². The first kappa shape index (κ1) is 17.0. The van der Waals surface area contributed by atoms with E-state index < -0.39 is 12.0 Å². The van der Waals surface area contributed by atoms with Crippen LogP contribution in [0.5, 0.6) is 0 Å². The monoisotopic (exact) mass is 292 g/mol. The van der Waals surface area contributed by atoms with Crippen molar-refractivity contribution in [3.8, 4) is 0 Å². The summed E-state index contributed by atoms with van der Waals surface area (Å²) in [5, 5.41) is 14.5. The fraction of sp³-hybridized carbons (Fsp3) is 0.500. The number of rotatable bonds is 4. The normalized spacial score (nSPS) is 12.6. The Hall–Kier alpha value is -2.04. The van der Waals surface area contributed by atoms with E-state index in [-0.39, 0.29) is 17.9 Å². The van der Waals surface area contributed by atoms with Gasteiger partial charge in [0.15, 0.2) is 0 Å². The van der Waals surface area contributed by atoms with Crippen molar-refractivity contribution in [2.75, 3.05) is 5.32 Å². The molecule has 5 heteroatoms. The Morgan fingerprint density at radius 1 is 1.24 bits per heavy atom. The molecule has 1 aromatic carbocycles. The number of nitrogens with one attached hydrogen (secondary N) is 2. The number of anilines is 1. The van der Waals surface area contributed by atoms with Crippen molar-refractivity contribution in [2.24, 2.45) is 5.41 Å². The second-order valence-electron chi connectivity index (χ2n) is 6.36. The number of carboxylic acids is 1. The van der Waals surface area contributed by atoms with Gasteiger partial charge in [-0.2, -0.15) is 0 Å². The fourth-order valence-electron chi connectivity index (χ4n) is 1.95. The summed E-state index contributed by atoms with van der Waals surface area (Å²) in [6.07, 6.45) is -0.107. The molecular formula is C16H24N2O3. The Morgan fingerprint density at radius 3 is 2.38 bits per heavy atom. The smallest absolute Gasteiger partial charge is 0.319 e. The first-order chi connectivity index (χ1) is 9.61. The lowest BCUT2D eigenvalue weighted by Crippen LogP contribution is -2.46. The summed E-state index contributed by atoms with van der Waals surface area (Å²) in [6.45, 7) is 9.61. The molecule has 2 amide bonds. The Kier molecular flexibility index (Phi) is 5.35. The SMILES string of the molecule is Cc1cccc(NC(=O)NC(CC(=O)O)C(C)(C)C)c1C. The summed E-state index contributed by atoms with van der Waals surface area (Å²) in [7, 11) is 0. The Labute approximate surface area is 125 Å². The summed E-state index contributed by atoms with van der Waals surface area (Å²) in [5.41, 5.74) is 2.48. The lowest BCUT2D eigenvalue weighted by Gasteiger charge is -2.30. The van der Waals surface area contributed by atoms with Gasteiger partial charge < -0.3 is 15.7 Å². The van der Waals surface area contributed by atoms with Gasteiger partial charge in [0.1, 0.15) is 0 Å². The van der Waals surface area contributed by atoms with Crippen LogP contribution in [-0.4, -0.2) is 23.1 Å². The highest BCUT2D eigenvalue weighted by Gasteiger charge is 2.28. The summed E-state index contributed by atoms with van der Waals surface area (Å²) in [6, 6.07) is 4.84. The number of urea groups is 1. The van der Waals surface area contributed by atoms with E-state index >= 15 is 0 Å². The zero-order valence-corrected chi connectivity index (χ0v) is 13.3. The maximum absolute atomic E-state index is 12.1. The van der Waals surface area contributed by atoms with E-state index in [1.807, 2.05) is 52.8 Å². The van der Waals surface area contributed by atoms with Crippen molar-refractivity contribution in [1.82, 2.24) is 5.32 Å². The molecule has 5 nitrogen and oxygen atoms in total. The van der Waals surface area contributed by atoms with Crippen molar-refractivity contribution in [3.63, 3.8) is 0 Å². The van der Waals surface area contributed by atoms with Crippen LogP contribution in [0.15, 0.2) is 18.2 Å². The van der Waals surface area contributed by atoms with Gasteiger partial charge in [-0.05, 0) is 36.5 Å². The van der Waals surface area contributed by atoms with E-state index in [9.17, 15) is 9.59 Å². The molecule has 0 saturated heterocycles. The Balaban J connectivity index is 2.79. The molecule has 21 heavy (non-hydrogen) atoms. The molecule has 1 atom stereocenters. The van der Waals surface area contributed by atoms with Crippen LogP contribution in [0.25, 0.3) is 0 Å². The van der Waals surface area contributed by atoms with Crippen molar-refractivity contribution in [3.05, 3.63) is 29.3 Å². The number of benzene rings is 1. The van der Waals surface area contributed by atoms with Crippen LogP contribution in [-0.2, 0) is 4.79 Å². The van der Waals surface area contributed by atoms with Crippen molar-refractivity contribution in [1.29, 1.82) is 0 Å². The molecule has 0 aliphatic carbocycles. The zero-order chi connectivity index (χ0) is 16.2. The molecule has 0 aliphatic heterocycles. The standard InChI is InChI=1S/C16H24N2O3/c1-10-7-6-8-12(11(10)2)17-15(21)18-13(9-14(19)20)16(3,4)5/h6-8,13H,9H2,1-5H3,(H,19,20)(H2,17,18,21). The molecule has 0 radical (unpaired) electrons. The van der Waals surface area contributed by atoms with Gasteiger partial charge in [0.2, 0.25) is 0 Å². The van der Waals surface area contributed by atoms with Crippen LogP contribution >= 0.6 is 0 Å². The zero-order valence-electron chi connectivity index (χ0n) is 13.3. The van der Waals surface area contributed by atoms with Gasteiger partial charge >= 0.3 is 12.0 Å². The third-order valence-electron chi connectivity index (χ3n) is 3.58. The third kappa shape index (κ3) is 5.10. The third-order valence-corrected chi connectivity index (χ3v) is 3.58. The lowest BCUT2D eigenvalue weighted by molar-refractivity contribution is -0.138. The van der Waals surface area contributed by atoms with Gasteiger partial charge in [0.05, 0.1) is 6.42 Å². The molecule has 0 aromatic heterocycles. The maximum atomic E-state index is 12.1. The van der Waals surface area contributed by atoms with Gasteiger partial charge in [-0.25, -0.2) is 4.79 Å². The molecule has 0 aliphatic rings. The molecule has 0 spiro atoms. The molecule has 0 bridgehead atoms. The van der Waals surface area contributed by atoms with Crippen LogP contribution in [0.2, 0.25) is 0 Å². The molecule has 0 saturated carbocycles. The molecule has 0 heterocycles. The first-order valence-electron chi connectivity index (χ1n) is 6.97. The van der Waals surface area contributed by atoms with E-state index in [0.29, 0.717) is 0 Å². The summed E-state index contributed by atoms with van der Waals surface area (Å²) in [4.78, 5) is 23.0. The number of carboxylic acid groups (broad SMARTS) is 1. The van der Waals surface area contributed by atoms with Crippen LogP contribution in [0.4, 0.5) is 10.5 Å². The van der Waals surface area contributed by atoms with Crippen LogP contribution < -0.4 is 10.6 Å². The highest BCUT2D eigenvalue weighted by molar-refractivity contribution is 5.90. The van der Waals surface area contributed by atoms with Gasteiger partial charge in [0.25, 0.3) is 0 Å². The average Bonchev–Trinajstić information content (AvgIpc) is 2.32. The lowest BCUT2D eigenvalue weighted by atomic mass is 9.85. The van der Waals surface area contributed by atoms with Gasteiger partial charge in [-0.3, -0.25) is 4.79 Å². The van der Waals surface area contributed by atoms with E-state index in [1.165, 1.54) is 0 Å². The Bertz CT molecular complexity index is 533. The van der Waals surface area contributed by atoms with E-state index in [0.717, 1.165) is 16.8 Å². The summed E-state index contributed by atoms with van der Waals surface area (Å²) in [5.74, 6) is -0.929. The molecular weight excluding hydrogens is 268 g/mol. The number of aliphatic carboxylic acids is 1. The minimum atomic E-state index is -0.929. The predicted molar refractivity (Wildman–Crippen MR) is 83.6 cm³/mol. The number of carbonyl (C=O) groups excluding carboxylic acids is 1. The van der Waals surface area contributed by atoms with Crippen LogP contribution in [0.1, 0.15) is 38.3 Å². The predicted octanol–water partition coefficient (Wildman–Crippen LogP) is 3.31. The fourth-order valence-corrected chi connectivity index (χ4v) is 1.95. The second kappa shape index (κ2) is 6.61. The van der Waals surface area contributed by atoms with Crippen LogP contribution in [0, 0.1) is 19.3 Å². The van der Waals surface area contributed by atoms with Gasteiger partial charge in [0, 0.05) is 11.7 Å². The van der Waals surface area contributed by atoms with E-state index in [1.54, 1.807) is 0 Å². The molecule has 116 valence electrons. The largest absolute Gasteiger partial charge is 0.481 e. The van der Waals surface area contributed by atoms with Gasteiger partial charge in [-0.1, -0.05) is 32.9 Å². The second-order valence-corrected chi connectivity index (χ2v) is 6.36. The van der Waals surface area contributed by atoms with E-state index in [2.05, 4.69) is 10.6 Å².